The number of esters is 1. The van der Waals surface area contributed by atoms with Gasteiger partial charge in [-0.05, 0) is 59.2 Å². The lowest BCUT2D eigenvalue weighted by molar-refractivity contribution is -0.136. The van der Waals surface area contributed by atoms with Crippen molar-refractivity contribution in [3.8, 4) is 23.3 Å². The van der Waals surface area contributed by atoms with Crippen molar-refractivity contribution < 1.29 is 28.2 Å². The van der Waals surface area contributed by atoms with E-state index in [-0.39, 0.29) is 35.6 Å². The van der Waals surface area contributed by atoms with Gasteiger partial charge in [-0.25, -0.2) is 4.79 Å². The molecule has 1 N–H and O–H groups in total. The zero-order valence-electron chi connectivity index (χ0n) is 23.0. The quantitative estimate of drug-likeness (QED) is 0.108. The van der Waals surface area contributed by atoms with Crippen LogP contribution in [-0.2, 0) is 21.5 Å². The van der Waals surface area contributed by atoms with Crippen molar-refractivity contribution in [1.29, 1.82) is 5.26 Å². The smallest absolute Gasteiger partial charge is 0.349 e. The normalized spacial score (nSPS) is 11.3. The first-order valence-corrected chi connectivity index (χ1v) is 12.9. The molecule has 0 fully saturated rings. The second-order valence-corrected chi connectivity index (χ2v) is 9.62. The predicted octanol–water partition coefficient (Wildman–Crippen LogP) is 5.82. The lowest BCUT2D eigenvalue weighted by Gasteiger charge is -2.26. The third-order valence-electron chi connectivity index (χ3n) is 6.52. The summed E-state index contributed by atoms with van der Waals surface area (Å²) in [6.07, 6.45) is 2.91. The highest BCUT2D eigenvalue weighted by molar-refractivity contribution is 6.01. The fourth-order valence-electron chi connectivity index (χ4n) is 4.13. The molecule has 1 amide bonds. The first-order valence-electron chi connectivity index (χ1n) is 12.9. The number of furan rings is 1. The Bertz CT molecular complexity index is 1550. The van der Waals surface area contributed by atoms with Crippen LogP contribution in [0.2, 0.25) is 0 Å². The van der Waals surface area contributed by atoms with Crippen molar-refractivity contribution in [3.05, 3.63) is 119 Å². The van der Waals surface area contributed by atoms with Crippen LogP contribution in [0.25, 0.3) is 6.08 Å². The Morgan fingerprint density at radius 2 is 1.68 bits per heavy atom. The summed E-state index contributed by atoms with van der Waals surface area (Å²) in [7, 11) is 1.43. The Morgan fingerprint density at radius 1 is 0.951 bits per heavy atom. The number of ether oxygens (including phenoxy) is 3. The van der Waals surface area contributed by atoms with Gasteiger partial charge in [-0.2, -0.15) is 5.26 Å². The molecule has 0 aliphatic rings. The number of methoxy groups -OCH3 is 1. The number of amides is 1. The lowest BCUT2D eigenvalue weighted by Crippen LogP contribution is -2.23. The van der Waals surface area contributed by atoms with Gasteiger partial charge < -0.3 is 23.9 Å². The van der Waals surface area contributed by atoms with Gasteiger partial charge in [0.2, 0.25) is 0 Å². The van der Waals surface area contributed by atoms with Gasteiger partial charge in [0.1, 0.15) is 23.2 Å². The fourth-order valence-corrected chi connectivity index (χ4v) is 4.13. The van der Waals surface area contributed by atoms with E-state index in [9.17, 15) is 14.9 Å². The van der Waals surface area contributed by atoms with Gasteiger partial charge in [0.05, 0.1) is 19.9 Å². The van der Waals surface area contributed by atoms with Crippen molar-refractivity contribution in [2.45, 2.75) is 25.8 Å². The molecule has 0 saturated heterocycles. The largest absolute Gasteiger partial charge is 0.493 e. The molecule has 1 aromatic heterocycles. The second kappa shape index (κ2) is 13.2. The van der Waals surface area contributed by atoms with Crippen molar-refractivity contribution in [2.75, 3.05) is 13.7 Å². The topological polar surface area (TPSA) is 111 Å². The van der Waals surface area contributed by atoms with Crippen LogP contribution in [0.5, 0.6) is 17.2 Å². The maximum Gasteiger partial charge on any atom is 0.349 e. The lowest BCUT2D eigenvalue weighted by atomic mass is 9.78. The molecule has 0 radical (unpaired) electrons. The number of hydrogen-bond donors (Lipinski definition) is 1. The number of nitrogens with one attached hydrogen (secondary N) is 1. The molecule has 0 unspecified atom stereocenters. The molecule has 0 aliphatic carbocycles. The molecule has 4 aromatic rings. The van der Waals surface area contributed by atoms with E-state index in [1.165, 1.54) is 31.1 Å². The Kier molecular flexibility index (Phi) is 9.23. The summed E-state index contributed by atoms with van der Waals surface area (Å²) in [5, 5.41) is 12.1. The number of hydrogen-bond acceptors (Lipinski definition) is 7. The average molecular weight is 551 g/mol. The minimum absolute atomic E-state index is 0.102. The maximum atomic E-state index is 12.5. The molecule has 8 heteroatoms. The number of rotatable bonds is 11. The number of nitrogens with zero attached hydrogens (tertiary/aromatic N) is 1. The Balaban J connectivity index is 1.35. The van der Waals surface area contributed by atoms with Gasteiger partial charge in [0.25, 0.3) is 5.91 Å². The van der Waals surface area contributed by atoms with Crippen LogP contribution >= 0.6 is 0 Å². The van der Waals surface area contributed by atoms with Gasteiger partial charge in [-0.15, -0.1) is 0 Å². The Labute approximate surface area is 238 Å². The summed E-state index contributed by atoms with van der Waals surface area (Å²) in [5.41, 5.74) is 2.54. The molecule has 41 heavy (non-hydrogen) atoms. The first-order chi connectivity index (χ1) is 19.8. The van der Waals surface area contributed by atoms with Crippen LogP contribution in [0.15, 0.2) is 101 Å². The van der Waals surface area contributed by atoms with E-state index in [2.05, 4.69) is 31.3 Å². The second-order valence-electron chi connectivity index (χ2n) is 9.62. The van der Waals surface area contributed by atoms with E-state index in [0.717, 1.165) is 5.56 Å². The molecule has 3 aromatic carbocycles. The van der Waals surface area contributed by atoms with E-state index in [0.29, 0.717) is 17.1 Å². The van der Waals surface area contributed by atoms with E-state index in [1.54, 1.807) is 24.3 Å². The predicted molar refractivity (Wildman–Crippen MR) is 153 cm³/mol. The van der Waals surface area contributed by atoms with E-state index < -0.39 is 11.9 Å². The molecular weight excluding hydrogens is 520 g/mol. The Morgan fingerprint density at radius 3 is 2.34 bits per heavy atom. The fraction of sp³-hybridized carbons (Fsp3) is 0.182. The van der Waals surface area contributed by atoms with Crippen LogP contribution in [-0.4, -0.2) is 25.6 Å². The van der Waals surface area contributed by atoms with Crippen molar-refractivity contribution in [1.82, 2.24) is 5.32 Å². The summed E-state index contributed by atoms with van der Waals surface area (Å²) in [6, 6.07) is 27.9. The molecule has 0 bridgehead atoms. The number of carbonyl (C=O) groups is 2. The van der Waals surface area contributed by atoms with Gasteiger partial charge in [0.15, 0.2) is 18.1 Å². The number of carbonyl (C=O) groups excluding carboxylic acids is 2. The summed E-state index contributed by atoms with van der Waals surface area (Å²) < 4.78 is 21.6. The molecular formula is C33H30N2O6. The molecule has 1 heterocycles. The molecule has 0 spiro atoms. The van der Waals surface area contributed by atoms with Gasteiger partial charge in [-0.1, -0.05) is 62.4 Å². The van der Waals surface area contributed by atoms with E-state index in [1.807, 2.05) is 48.5 Å². The zero-order valence-corrected chi connectivity index (χ0v) is 23.0. The minimum Gasteiger partial charge on any atom is -0.493 e. The van der Waals surface area contributed by atoms with Crippen LogP contribution in [0, 0.1) is 11.3 Å². The van der Waals surface area contributed by atoms with Crippen molar-refractivity contribution in [2.24, 2.45) is 0 Å². The molecule has 0 aliphatic heterocycles. The molecule has 4 rings (SSSR count). The summed E-state index contributed by atoms with van der Waals surface area (Å²) >= 11 is 0. The average Bonchev–Trinajstić information content (AvgIpc) is 3.52. The van der Waals surface area contributed by atoms with Gasteiger partial charge in [0, 0.05) is 5.41 Å². The molecule has 8 nitrogen and oxygen atoms in total. The van der Waals surface area contributed by atoms with Crippen LogP contribution in [0.3, 0.4) is 0 Å². The molecule has 208 valence electrons. The van der Waals surface area contributed by atoms with Crippen molar-refractivity contribution >= 4 is 18.0 Å². The maximum absolute atomic E-state index is 12.5. The minimum atomic E-state index is -0.615. The van der Waals surface area contributed by atoms with Gasteiger partial charge >= 0.3 is 5.97 Å². The summed E-state index contributed by atoms with van der Waals surface area (Å²) in [6.45, 7) is 4.16. The third-order valence-corrected chi connectivity index (χ3v) is 6.52. The highest BCUT2D eigenvalue weighted by Gasteiger charge is 2.22. The Hall–Kier alpha value is -5.29. The highest BCUT2D eigenvalue weighted by atomic mass is 16.6. The summed E-state index contributed by atoms with van der Waals surface area (Å²) in [5.74, 6) is 0.377. The first kappa shape index (κ1) is 28.7. The highest BCUT2D eigenvalue weighted by Crippen LogP contribution is 2.32. The summed E-state index contributed by atoms with van der Waals surface area (Å²) in [4.78, 5) is 24.9. The van der Waals surface area contributed by atoms with E-state index in [4.69, 9.17) is 18.6 Å². The van der Waals surface area contributed by atoms with Crippen molar-refractivity contribution in [3.63, 3.8) is 0 Å². The van der Waals surface area contributed by atoms with Crippen LogP contribution in [0.4, 0.5) is 0 Å². The SMILES string of the molecule is COc1cc(/C=C(\C#N)C(=O)NCc2ccco2)ccc1OC(=O)COc1ccc(C(C)(C)c2ccccc2)cc1. The zero-order chi connectivity index (χ0) is 29.2. The number of nitriles is 1. The monoisotopic (exact) mass is 550 g/mol. The molecule has 0 saturated carbocycles. The van der Waals surface area contributed by atoms with E-state index >= 15 is 0 Å². The molecule has 0 atom stereocenters. The number of benzene rings is 3. The third kappa shape index (κ3) is 7.43. The van der Waals surface area contributed by atoms with Crippen LogP contribution in [0.1, 0.15) is 36.3 Å². The van der Waals surface area contributed by atoms with Crippen LogP contribution < -0.4 is 19.5 Å². The van der Waals surface area contributed by atoms with Gasteiger partial charge in [-0.3, -0.25) is 4.79 Å². The standard InChI is InChI=1S/C33H30N2O6/c1-33(2,25-8-5-4-6-9-25)26-12-14-27(15-13-26)40-22-31(36)41-29-16-11-23(19-30(29)38-3)18-24(20-34)32(37)35-21-28-10-7-17-39-28/h4-19H,21-22H2,1-3H3,(H,35,37)/b24-18+.